The molecule has 2 unspecified atom stereocenters. The molecule has 1 aromatic rings. The van der Waals surface area contributed by atoms with Crippen molar-refractivity contribution < 1.29 is 38.4 Å². The highest BCUT2D eigenvalue weighted by molar-refractivity contribution is 14.1. The minimum atomic E-state index is -4.81. The summed E-state index contributed by atoms with van der Waals surface area (Å²) in [5.74, 6) is -2.78. The Morgan fingerprint density at radius 3 is 2.48 bits per heavy atom. The van der Waals surface area contributed by atoms with Gasteiger partial charge in [0.05, 0.1) is 9.67 Å². The molecule has 11 nitrogen and oxygen atoms in total. The quantitative estimate of drug-likeness (QED) is 0.234. The largest absolute Gasteiger partial charge is 0.388 e. The number of rotatable bonds is 7. The number of halogens is 2. The van der Waals surface area contributed by atoms with E-state index < -0.39 is 67.4 Å². The van der Waals surface area contributed by atoms with Gasteiger partial charge in [-0.1, -0.05) is 6.92 Å². The smallest absolute Gasteiger partial charge is 0.361 e. The van der Waals surface area contributed by atoms with E-state index in [-0.39, 0.29) is 3.57 Å². The molecule has 14 heteroatoms. The lowest BCUT2D eigenvalue weighted by molar-refractivity contribution is -0.132. The van der Waals surface area contributed by atoms with Crippen LogP contribution >= 0.6 is 30.2 Å². The zero-order valence-electron chi connectivity index (χ0n) is 15.8. The molecular formula is C15H23FIN2O9P. The molecule has 2 heterocycles. The van der Waals surface area contributed by atoms with Crippen molar-refractivity contribution in [1.29, 1.82) is 0 Å². The number of aliphatic hydroxyl groups excluding tert-OH is 2. The molecule has 0 saturated carbocycles. The summed E-state index contributed by atoms with van der Waals surface area (Å²) in [5.41, 5.74) is -1.56. The molecule has 166 valence electrons. The molecule has 29 heavy (non-hydrogen) atoms. The molecule has 1 aliphatic heterocycles. The van der Waals surface area contributed by atoms with E-state index >= 15 is 4.39 Å². The van der Waals surface area contributed by atoms with Crippen molar-refractivity contribution >= 4 is 30.2 Å². The van der Waals surface area contributed by atoms with Gasteiger partial charge in [-0.15, -0.1) is 0 Å². The van der Waals surface area contributed by atoms with Crippen molar-refractivity contribution in [3.63, 3.8) is 0 Å². The minimum absolute atomic E-state index is 0.110. The van der Waals surface area contributed by atoms with Gasteiger partial charge >= 0.3 is 13.3 Å². The number of nitrogens with one attached hydrogen (secondary N) is 1. The Labute approximate surface area is 178 Å². The van der Waals surface area contributed by atoms with Crippen molar-refractivity contribution in [3.05, 3.63) is 30.6 Å². The normalized spacial score (nSPS) is 29.4. The highest BCUT2D eigenvalue weighted by Crippen LogP contribution is 2.58. The van der Waals surface area contributed by atoms with Gasteiger partial charge < -0.3 is 24.9 Å². The average Bonchev–Trinajstić information content (AvgIpc) is 2.85. The number of aromatic nitrogens is 2. The van der Waals surface area contributed by atoms with Gasteiger partial charge in [0.25, 0.3) is 5.56 Å². The van der Waals surface area contributed by atoms with E-state index in [1.807, 2.05) is 4.98 Å². The topological polar surface area (TPSA) is 171 Å². The lowest BCUT2D eigenvalue weighted by atomic mass is 10.0. The van der Waals surface area contributed by atoms with E-state index in [0.717, 1.165) is 24.6 Å². The first kappa shape index (κ1) is 24.6. The fourth-order valence-electron chi connectivity index (χ4n) is 2.66. The molecule has 0 bridgehead atoms. The lowest BCUT2D eigenvalue weighted by Crippen LogP contribution is -2.39. The molecule has 1 fully saturated rings. The SMILES string of the molecule is CCC(F)(C[C@H]1O[C@@H](n2cc(I)c(=O)[nH]c2=O)[C@H](O)[C@@H]1O)OP(=O)(O)C(C)(C)O. The molecule has 0 spiro atoms. The van der Waals surface area contributed by atoms with E-state index in [1.54, 1.807) is 22.6 Å². The van der Waals surface area contributed by atoms with Crippen LogP contribution in [0.2, 0.25) is 0 Å². The van der Waals surface area contributed by atoms with Crippen molar-refractivity contribution in [2.24, 2.45) is 0 Å². The van der Waals surface area contributed by atoms with Crippen molar-refractivity contribution in [2.75, 3.05) is 0 Å². The van der Waals surface area contributed by atoms with E-state index in [1.165, 1.54) is 6.92 Å². The van der Waals surface area contributed by atoms with Crippen LogP contribution in [0.25, 0.3) is 0 Å². The number of nitrogens with zero attached hydrogens (tertiary/aromatic N) is 1. The Kier molecular flexibility index (Phi) is 7.17. The van der Waals surface area contributed by atoms with Gasteiger partial charge in [-0.25, -0.2) is 9.18 Å². The first-order chi connectivity index (χ1) is 13.1. The molecule has 0 aromatic carbocycles. The minimum Gasteiger partial charge on any atom is -0.388 e. The molecule has 5 N–H and O–H groups in total. The van der Waals surface area contributed by atoms with Gasteiger partial charge in [0, 0.05) is 19.0 Å². The number of alkyl halides is 1. The molecule has 1 saturated heterocycles. The number of ether oxygens (including phenoxy) is 1. The van der Waals surface area contributed by atoms with Crippen LogP contribution in [0.5, 0.6) is 0 Å². The van der Waals surface area contributed by atoms with E-state index in [0.29, 0.717) is 0 Å². The third-order valence-corrected chi connectivity index (χ3v) is 7.27. The van der Waals surface area contributed by atoms with Gasteiger partial charge in [-0.3, -0.25) is 23.4 Å². The Morgan fingerprint density at radius 2 is 1.97 bits per heavy atom. The second-order valence-corrected chi connectivity index (χ2v) is 10.7. The third-order valence-electron chi connectivity index (χ3n) is 4.55. The highest BCUT2D eigenvalue weighted by atomic mass is 127. The summed E-state index contributed by atoms with van der Waals surface area (Å²) < 4.78 is 38.4. The number of hydrogen-bond donors (Lipinski definition) is 5. The zero-order valence-corrected chi connectivity index (χ0v) is 18.8. The second kappa shape index (κ2) is 8.46. The molecule has 0 amide bonds. The van der Waals surface area contributed by atoms with Crippen LogP contribution in [0.15, 0.2) is 15.8 Å². The Morgan fingerprint density at radius 1 is 1.38 bits per heavy atom. The van der Waals surface area contributed by atoms with E-state index in [9.17, 15) is 34.4 Å². The van der Waals surface area contributed by atoms with Crippen molar-refractivity contribution in [3.8, 4) is 0 Å². The molecule has 2 rings (SSSR count). The van der Waals surface area contributed by atoms with Crippen LogP contribution < -0.4 is 11.2 Å². The predicted octanol–water partition coefficient (Wildman–Crippen LogP) is 0.157. The number of H-pyrrole nitrogens is 1. The maximum atomic E-state index is 15.2. The Hall–Kier alpha value is -0.670. The summed E-state index contributed by atoms with van der Waals surface area (Å²) in [6.07, 6.45) is -6.27. The third kappa shape index (κ3) is 5.15. The molecule has 0 radical (unpaired) electrons. The van der Waals surface area contributed by atoms with Crippen LogP contribution in [0.1, 0.15) is 39.8 Å². The van der Waals surface area contributed by atoms with E-state index in [4.69, 9.17) is 4.74 Å². The van der Waals surface area contributed by atoms with Gasteiger partial charge in [-0.2, -0.15) is 0 Å². The van der Waals surface area contributed by atoms with Crippen LogP contribution in [-0.4, -0.2) is 59.3 Å². The van der Waals surface area contributed by atoms with E-state index in [2.05, 4.69) is 4.52 Å². The van der Waals surface area contributed by atoms with Crippen LogP contribution in [-0.2, 0) is 13.8 Å². The van der Waals surface area contributed by atoms with Gasteiger partial charge in [-0.05, 0) is 36.4 Å². The van der Waals surface area contributed by atoms with Crippen molar-refractivity contribution in [1.82, 2.24) is 9.55 Å². The van der Waals surface area contributed by atoms with Gasteiger partial charge in [0.15, 0.2) is 11.6 Å². The molecule has 0 aliphatic carbocycles. The molecule has 1 aromatic heterocycles. The summed E-state index contributed by atoms with van der Waals surface area (Å²) in [5, 5.41) is 28.0. The fraction of sp³-hybridized carbons (Fsp3) is 0.733. The summed E-state index contributed by atoms with van der Waals surface area (Å²) >= 11 is 1.66. The maximum absolute atomic E-state index is 15.2. The summed E-state index contributed by atoms with van der Waals surface area (Å²) in [6.45, 7) is 3.28. The molecular weight excluding hydrogens is 529 g/mol. The summed E-state index contributed by atoms with van der Waals surface area (Å²) in [4.78, 5) is 35.4. The summed E-state index contributed by atoms with van der Waals surface area (Å²) in [6, 6.07) is 0. The number of aromatic amines is 1. The van der Waals surface area contributed by atoms with Crippen LogP contribution in [0, 0.1) is 3.57 Å². The lowest BCUT2D eigenvalue weighted by Gasteiger charge is -2.33. The van der Waals surface area contributed by atoms with Gasteiger partial charge in [0.1, 0.15) is 12.2 Å². The molecule has 6 atom stereocenters. The predicted molar refractivity (Wildman–Crippen MR) is 106 cm³/mol. The number of aliphatic hydroxyl groups is 3. The molecule has 1 aliphatic rings. The first-order valence-corrected chi connectivity index (χ1v) is 11.2. The van der Waals surface area contributed by atoms with Gasteiger partial charge in [0.2, 0.25) is 5.85 Å². The monoisotopic (exact) mass is 552 g/mol. The van der Waals surface area contributed by atoms with Crippen molar-refractivity contribution in [2.45, 2.75) is 69.3 Å². The average molecular weight is 552 g/mol. The standard InChI is InChI=1S/C15H23FIN2O9P/c1-4-15(16,28-29(25,26)14(2,3)24)5-8-9(20)10(21)12(27-8)19-6-7(17)11(22)18-13(19)23/h6,8-10,12,20-21,24H,4-5H2,1-3H3,(H,25,26)(H,18,22,23)/t8-,9-,10-,12-,15?/m1/s1. The second-order valence-electron chi connectivity index (χ2n) is 7.24. The summed E-state index contributed by atoms with van der Waals surface area (Å²) in [7, 11) is -4.81. The Bertz CT molecular complexity index is 916. The van der Waals surface area contributed by atoms with Crippen LogP contribution in [0.3, 0.4) is 0 Å². The Balaban J connectivity index is 2.28. The highest BCUT2D eigenvalue weighted by Gasteiger charge is 2.52. The fourth-order valence-corrected chi connectivity index (χ4v) is 3.96. The number of hydrogen-bond acceptors (Lipinski definition) is 8. The first-order valence-electron chi connectivity index (χ1n) is 8.59. The van der Waals surface area contributed by atoms with Crippen LogP contribution in [0.4, 0.5) is 4.39 Å². The zero-order chi connectivity index (χ0) is 22.4. The maximum Gasteiger partial charge on any atom is 0.361 e.